The van der Waals surface area contributed by atoms with E-state index in [-0.39, 0.29) is 21.7 Å². The minimum absolute atomic E-state index is 0. The van der Waals surface area contributed by atoms with Gasteiger partial charge in [-0.15, -0.1) is 12.6 Å². The second-order valence-electron chi connectivity index (χ2n) is 1.34. The molecule has 0 rings (SSSR count). The topological polar surface area (TPSA) is 26.0 Å². The summed E-state index contributed by atoms with van der Waals surface area (Å²) in [5.74, 6) is 0. The molecule has 0 aliphatic carbocycles. The maximum absolute atomic E-state index is 4.71. The Bertz CT molecular complexity index is 52.9. The zero-order valence-electron chi connectivity index (χ0n) is 5.76. The van der Waals surface area contributed by atoms with E-state index in [0.29, 0.717) is 0 Å². The van der Waals surface area contributed by atoms with E-state index in [1.165, 1.54) is 12.8 Å². The van der Waals surface area contributed by atoms with Gasteiger partial charge in [0.1, 0.15) is 4.32 Å². The molecule has 0 fully saturated rings. The molecule has 0 saturated carbocycles. The molecule has 9 heavy (non-hydrogen) atoms. The van der Waals surface area contributed by atoms with Gasteiger partial charge in [0.25, 0.3) is 0 Å². The average molecular weight is 203 g/mol. The van der Waals surface area contributed by atoms with Gasteiger partial charge in [0.05, 0.1) is 0 Å². The summed E-state index contributed by atoms with van der Waals surface area (Å²) >= 11 is 7.65. The van der Waals surface area contributed by atoms with Crippen LogP contribution in [0.1, 0.15) is 26.7 Å². The second kappa shape index (κ2) is 15.9. The Labute approximate surface area is 78.9 Å². The van der Waals surface area contributed by atoms with E-state index in [9.17, 15) is 0 Å². The van der Waals surface area contributed by atoms with Crippen molar-refractivity contribution in [1.29, 1.82) is 0 Å². The van der Waals surface area contributed by atoms with Crippen LogP contribution in [0.3, 0.4) is 0 Å². The number of rotatable bonds is 1. The van der Waals surface area contributed by atoms with Crippen molar-refractivity contribution >= 4 is 29.2 Å². The molecule has 0 unspecified atom stereocenters. The van der Waals surface area contributed by atoms with E-state index in [4.69, 9.17) is 5.73 Å². The number of thiol groups is 1. The zero-order valence-corrected chi connectivity index (χ0v) is 8.74. The molecule has 0 heterocycles. The molecular formula is C5H13CrNS2. The quantitative estimate of drug-likeness (QED) is 0.503. The predicted octanol–water partition coefficient (Wildman–Crippen LogP) is 1.96. The first-order valence-electron chi connectivity index (χ1n) is 2.63. The molecule has 1 nitrogen and oxygen atoms in total. The van der Waals surface area contributed by atoms with Gasteiger partial charge in [-0.2, -0.15) is 0 Å². The normalized spacial score (nSPS) is 6.11. The van der Waals surface area contributed by atoms with Crippen LogP contribution < -0.4 is 5.73 Å². The van der Waals surface area contributed by atoms with Gasteiger partial charge >= 0.3 is 0 Å². The standard InChI is InChI=1S/C4H10.CH3NS2.Cr/c1-3-4-2;2-1(3)4;/h3-4H2,1-2H3;(H3,2,3,4);. The van der Waals surface area contributed by atoms with Crippen molar-refractivity contribution in [2.75, 3.05) is 0 Å². The number of thiocarbonyl (C=S) groups is 1. The molecule has 0 aromatic rings. The summed E-state index contributed by atoms with van der Waals surface area (Å²) in [6.07, 6.45) is 2.64. The summed E-state index contributed by atoms with van der Waals surface area (Å²) in [6.45, 7) is 4.36. The van der Waals surface area contributed by atoms with Crippen LogP contribution in [-0.2, 0) is 17.4 Å². The minimum atomic E-state index is 0. The molecule has 0 radical (unpaired) electrons. The van der Waals surface area contributed by atoms with E-state index < -0.39 is 0 Å². The molecule has 0 bridgehead atoms. The molecule has 56 valence electrons. The third-order valence-electron chi connectivity index (χ3n) is 0.500. The van der Waals surface area contributed by atoms with Crippen LogP contribution in [0.4, 0.5) is 0 Å². The molecule has 0 spiro atoms. The Morgan fingerprint density at radius 3 is 1.56 bits per heavy atom. The summed E-state index contributed by atoms with van der Waals surface area (Å²) < 4.78 is 0.194. The van der Waals surface area contributed by atoms with Crippen molar-refractivity contribution in [1.82, 2.24) is 0 Å². The Morgan fingerprint density at radius 1 is 1.44 bits per heavy atom. The van der Waals surface area contributed by atoms with Crippen molar-refractivity contribution in [3.63, 3.8) is 0 Å². The maximum Gasteiger partial charge on any atom is 0.128 e. The van der Waals surface area contributed by atoms with E-state index in [2.05, 4.69) is 38.7 Å². The van der Waals surface area contributed by atoms with Crippen molar-refractivity contribution in [2.45, 2.75) is 26.7 Å². The first-order chi connectivity index (χ1) is 3.65. The van der Waals surface area contributed by atoms with E-state index in [0.717, 1.165) is 0 Å². The van der Waals surface area contributed by atoms with Crippen molar-refractivity contribution in [2.24, 2.45) is 5.73 Å². The van der Waals surface area contributed by atoms with Crippen LogP contribution in [0.2, 0.25) is 0 Å². The smallest absolute Gasteiger partial charge is 0.128 e. The molecule has 0 aromatic carbocycles. The Kier molecular flexibility index (Phi) is 29.0. The fourth-order valence-corrected chi connectivity index (χ4v) is 0. The molecule has 0 amide bonds. The fourth-order valence-electron chi connectivity index (χ4n) is 0. The molecule has 2 N–H and O–H groups in total. The van der Waals surface area contributed by atoms with Gasteiger partial charge in [0.2, 0.25) is 0 Å². The minimum Gasteiger partial charge on any atom is -0.385 e. The SMILES string of the molecule is CCCC.NC(=S)S.[Cr]. The molecule has 0 atom stereocenters. The van der Waals surface area contributed by atoms with E-state index >= 15 is 0 Å². The summed E-state index contributed by atoms with van der Waals surface area (Å²) in [6, 6.07) is 0. The zero-order chi connectivity index (χ0) is 6.99. The number of nitrogens with two attached hydrogens (primary N) is 1. The monoisotopic (exact) mass is 203 g/mol. The van der Waals surface area contributed by atoms with Gasteiger partial charge in [-0.25, -0.2) is 0 Å². The van der Waals surface area contributed by atoms with Crippen LogP contribution in [0.25, 0.3) is 0 Å². The van der Waals surface area contributed by atoms with Crippen LogP contribution in [-0.4, -0.2) is 4.32 Å². The van der Waals surface area contributed by atoms with Crippen LogP contribution in [0.5, 0.6) is 0 Å². The molecular weight excluding hydrogens is 190 g/mol. The number of hydrogen-bond acceptors (Lipinski definition) is 1. The van der Waals surface area contributed by atoms with Crippen molar-refractivity contribution < 1.29 is 17.4 Å². The largest absolute Gasteiger partial charge is 0.385 e. The van der Waals surface area contributed by atoms with Crippen LogP contribution in [0.15, 0.2) is 0 Å². The Morgan fingerprint density at radius 2 is 1.56 bits per heavy atom. The number of unbranched alkanes of at least 4 members (excludes halogenated alkanes) is 1. The third-order valence-corrected chi connectivity index (χ3v) is 0.500. The number of hydrogen-bond donors (Lipinski definition) is 2. The first-order valence-corrected chi connectivity index (χ1v) is 3.49. The van der Waals surface area contributed by atoms with Crippen molar-refractivity contribution in [3.8, 4) is 0 Å². The van der Waals surface area contributed by atoms with Crippen molar-refractivity contribution in [3.05, 3.63) is 0 Å². The molecule has 0 aromatic heterocycles. The second-order valence-corrected chi connectivity index (χ2v) is 2.56. The van der Waals surface area contributed by atoms with Gasteiger partial charge in [0.15, 0.2) is 0 Å². The van der Waals surface area contributed by atoms with Gasteiger partial charge in [-0.3, -0.25) is 0 Å². The van der Waals surface area contributed by atoms with E-state index in [1.54, 1.807) is 0 Å². The Hall–Kier alpha value is 0.772. The van der Waals surface area contributed by atoms with Gasteiger partial charge < -0.3 is 5.73 Å². The third kappa shape index (κ3) is 128. The summed E-state index contributed by atoms with van der Waals surface area (Å²) in [4.78, 5) is 0. The summed E-state index contributed by atoms with van der Waals surface area (Å²) in [7, 11) is 0. The summed E-state index contributed by atoms with van der Waals surface area (Å²) in [5, 5.41) is 0. The van der Waals surface area contributed by atoms with Gasteiger partial charge in [0, 0.05) is 17.4 Å². The molecule has 0 aliphatic rings. The molecule has 0 aliphatic heterocycles. The first kappa shape index (κ1) is 16.4. The maximum atomic E-state index is 4.71. The Balaban J connectivity index is -0.0000000720. The van der Waals surface area contributed by atoms with Gasteiger partial charge in [-0.05, 0) is 0 Å². The fraction of sp³-hybridized carbons (Fsp3) is 0.800. The van der Waals surface area contributed by atoms with E-state index in [1.807, 2.05) is 0 Å². The molecule has 4 heteroatoms. The van der Waals surface area contributed by atoms with Crippen LogP contribution in [0, 0.1) is 0 Å². The van der Waals surface area contributed by atoms with Crippen LogP contribution >= 0.6 is 24.8 Å². The van der Waals surface area contributed by atoms with Gasteiger partial charge in [-0.1, -0.05) is 38.9 Å². The predicted molar refractivity (Wildman–Crippen MR) is 46.4 cm³/mol. The molecule has 0 saturated heterocycles. The summed E-state index contributed by atoms with van der Waals surface area (Å²) in [5.41, 5.74) is 4.71. The average Bonchev–Trinajstić information content (AvgIpc) is 1.65.